The van der Waals surface area contributed by atoms with Crippen LogP contribution in [0.15, 0.2) is 6.07 Å². The maximum absolute atomic E-state index is 11.5. The molecule has 0 atom stereocenters. The topological polar surface area (TPSA) is 55.4 Å². The van der Waals surface area contributed by atoms with E-state index in [9.17, 15) is 9.59 Å². The second-order valence-corrected chi connectivity index (χ2v) is 4.32. The van der Waals surface area contributed by atoms with Crippen LogP contribution in [0.4, 0.5) is 5.00 Å². The number of esters is 1. The Morgan fingerprint density at radius 1 is 1.59 bits per heavy atom. The van der Waals surface area contributed by atoms with Crippen molar-refractivity contribution < 1.29 is 14.3 Å². The number of carbonyl (C=O) groups excluding carboxylic acids is 2. The Morgan fingerprint density at radius 3 is 2.88 bits per heavy atom. The van der Waals surface area contributed by atoms with Crippen molar-refractivity contribution in [2.75, 3.05) is 11.9 Å². The lowest BCUT2D eigenvalue weighted by molar-refractivity contribution is -0.115. The molecule has 0 saturated carbocycles. The molecule has 0 spiro atoms. The van der Waals surface area contributed by atoms with Gasteiger partial charge in [0.25, 0.3) is 0 Å². The second-order valence-electron chi connectivity index (χ2n) is 3.27. The monoisotopic (exact) mass is 251 g/mol. The quantitative estimate of drug-likeness (QED) is 0.659. The van der Waals surface area contributed by atoms with E-state index in [1.54, 1.807) is 19.9 Å². The molecule has 1 aromatic rings. The Labute approximate surface area is 104 Å². The van der Waals surface area contributed by atoms with Gasteiger partial charge in [0.15, 0.2) is 0 Å². The Balaban J connectivity index is 2.78. The number of rotatable bonds is 4. The van der Waals surface area contributed by atoms with Crippen molar-refractivity contribution in [2.24, 2.45) is 0 Å². The van der Waals surface area contributed by atoms with Crippen LogP contribution in [-0.4, -0.2) is 18.5 Å². The van der Waals surface area contributed by atoms with E-state index < -0.39 is 0 Å². The number of terminal acetylenes is 1. The fraction of sp³-hybridized carbons (Fsp3) is 0.333. The summed E-state index contributed by atoms with van der Waals surface area (Å²) < 4.78 is 4.90. The third kappa shape index (κ3) is 3.61. The molecule has 0 aliphatic carbocycles. The molecule has 4 nitrogen and oxygen atoms in total. The standard InChI is InChI=1S/C12H13NO3S/c1-4-6-9(14)13-10-7-8(3)11(17-10)12(15)16-5-2/h1,7H,5-6H2,2-3H3,(H,13,14). The molecule has 0 aliphatic heterocycles. The van der Waals surface area contributed by atoms with Crippen LogP contribution in [0.25, 0.3) is 0 Å². The molecule has 0 aromatic carbocycles. The molecule has 1 amide bonds. The summed E-state index contributed by atoms with van der Waals surface area (Å²) in [5, 5.41) is 3.23. The summed E-state index contributed by atoms with van der Waals surface area (Å²) >= 11 is 1.19. The van der Waals surface area contributed by atoms with Crippen LogP contribution in [0.1, 0.15) is 28.6 Å². The highest BCUT2D eigenvalue weighted by atomic mass is 32.1. The number of aryl methyl sites for hydroxylation is 1. The zero-order chi connectivity index (χ0) is 12.8. The molecule has 1 rings (SSSR count). The van der Waals surface area contributed by atoms with Gasteiger partial charge >= 0.3 is 5.97 Å². The van der Waals surface area contributed by atoms with Crippen LogP contribution >= 0.6 is 11.3 Å². The average molecular weight is 251 g/mol. The SMILES string of the molecule is C#CCC(=O)Nc1cc(C)c(C(=O)OCC)s1. The lowest BCUT2D eigenvalue weighted by Gasteiger charge is -1.99. The molecular formula is C12H13NO3S. The molecule has 0 saturated heterocycles. The van der Waals surface area contributed by atoms with Crippen molar-refractivity contribution in [3.05, 3.63) is 16.5 Å². The fourth-order valence-corrected chi connectivity index (χ4v) is 2.20. The summed E-state index contributed by atoms with van der Waals surface area (Å²) in [6.45, 7) is 3.87. The van der Waals surface area contributed by atoms with Crippen molar-refractivity contribution in [2.45, 2.75) is 20.3 Å². The van der Waals surface area contributed by atoms with E-state index in [-0.39, 0.29) is 18.3 Å². The maximum atomic E-state index is 11.5. The lowest BCUT2D eigenvalue weighted by Crippen LogP contribution is -2.08. The van der Waals surface area contributed by atoms with E-state index in [4.69, 9.17) is 11.2 Å². The minimum Gasteiger partial charge on any atom is -0.462 e. The first-order valence-electron chi connectivity index (χ1n) is 5.09. The number of hydrogen-bond acceptors (Lipinski definition) is 4. The van der Waals surface area contributed by atoms with Gasteiger partial charge in [-0.3, -0.25) is 4.79 Å². The van der Waals surface area contributed by atoms with Crippen molar-refractivity contribution in [3.8, 4) is 12.3 Å². The van der Waals surface area contributed by atoms with E-state index in [1.165, 1.54) is 11.3 Å². The molecule has 1 N–H and O–H groups in total. The van der Waals surface area contributed by atoms with Gasteiger partial charge in [0.1, 0.15) is 4.88 Å². The molecule has 0 radical (unpaired) electrons. The van der Waals surface area contributed by atoms with E-state index in [0.29, 0.717) is 16.5 Å². The number of anilines is 1. The van der Waals surface area contributed by atoms with Crippen LogP contribution in [-0.2, 0) is 9.53 Å². The summed E-state index contributed by atoms with van der Waals surface area (Å²) in [6, 6.07) is 1.73. The van der Waals surface area contributed by atoms with Gasteiger partial charge in [0.2, 0.25) is 5.91 Å². The van der Waals surface area contributed by atoms with Crippen LogP contribution in [0, 0.1) is 19.3 Å². The molecule has 1 heterocycles. The smallest absolute Gasteiger partial charge is 0.348 e. The van der Waals surface area contributed by atoms with E-state index in [1.807, 2.05) is 0 Å². The van der Waals surface area contributed by atoms with Gasteiger partial charge in [-0.2, -0.15) is 0 Å². The molecule has 0 unspecified atom stereocenters. The predicted octanol–water partition coefficient (Wildman–Crippen LogP) is 2.20. The predicted molar refractivity (Wildman–Crippen MR) is 67.1 cm³/mol. The zero-order valence-electron chi connectivity index (χ0n) is 9.70. The first kappa shape index (κ1) is 13.3. The minimum absolute atomic E-state index is 0.0195. The fourth-order valence-electron chi connectivity index (χ4n) is 1.22. The lowest BCUT2D eigenvalue weighted by atomic mass is 10.3. The summed E-state index contributed by atoms with van der Waals surface area (Å²) in [5.74, 6) is 1.63. The largest absolute Gasteiger partial charge is 0.462 e. The number of hydrogen-bond donors (Lipinski definition) is 1. The maximum Gasteiger partial charge on any atom is 0.348 e. The Hall–Kier alpha value is -1.80. The van der Waals surface area contributed by atoms with Gasteiger partial charge in [-0.25, -0.2) is 4.79 Å². The van der Waals surface area contributed by atoms with E-state index in [2.05, 4.69) is 11.2 Å². The van der Waals surface area contributed by atoms with E-state index >= 15 is 0 Å². The number of thiophene rings is 1. The molecule has 1 aromatic heterocycles. The van der Waals surface area contributed by atoms with Crippen LogP contribution < -0.4 is 5.32 Å². The second kappa shape index (κ2) is 6.06. The molecule has 0 bridgehead atoms. The first-order chi connectivity index (χ1) is 8.08. The van der Waals surface area contributed by atoms with Crippen molar-refractivity contribution in [3.63, 3.8) is 0 Å². The molecular weight excluding hydrogens is 238 g/mol. The van der Waals surface area contributed by atoms with Crippen LogP contribution in [0.3, 0.4) is 0 Å². The number of amides is 1. The van der Waals surface area contributed by atoms with Gasteiger partial charge in [-0.15, -0.1) is 17.8 Å². The molecule has 5 heteroatoms. The third-order valence-corrected chi connectivity index (χ3v) is 3.04. The highest BCUT2D eigenvalue weighted by Crippen LogP contribution is 2.27. The zero-order valence-corrected chi connectivity index (χ0v) is 10.5. The summed E-state index contributed by atoms with van der Waals surface area (Å²) in [7, 11) is 0. The Morgan fingerprint density at radius 2 is 2.29 bits per heavy atom. The molecule has 17 heavy (non-hydrogen) atoms. The summed E-state index contributed by atoms with van der Waals surface area (Å²) in [5.41, 5.74) is 0.782. The highest BCUT2D eigenvalue weighted by molar-refractivity contribution is 7.18. The number of nitrogens with one attached hydrogen (secondary N) is 1. The van der Waals surface area contributed by atoms with E-state index in [0.717, 1.165) is 5.56 Å². The normalized spacial score (nSPS) is 9.47. The number of ether oxygens (including phenoxy) is 1. The molecule has 0 aliphatic rings. The van der Waals surface area contributed by atoms with Crippen molar-refractivity contribution in [1.82, 2.24) is 0 Å². The van der Waals surface area contributed by atoms with Gasteiger partial charge in [0.05, 0.1) is 18.0 Å². The minimum atomic E-state index is -0.368. The van der Waals surface area contributed by atoms with Crippen LogP contribution in [0.5, 0.6) is 0 Å². The van der Waals surface area contributed by atoms with Gasteiger partial charge in [-0.05, 0) is 25.5 Å². The molecule has 90 valence electrons. The first-order valence-corrected chi connectivity index (χ1v) is 5.91. The van der Waals surface area contributed by atoms with Gasteiger partial charge < -0.3 is 10.1 Å². The summed E-state index contributed by atoms with van der Waals surface area (Å²) in [6.07, 6.45) is 5.04. The Kier molecular flexibility index (Phi) is 4.73. The number of carbonyl (C=O) groups is 2. The van der Waals surface area contributed by atoms with Crippen molar-refractivity contribution >= 4 is 28.2 Å². The Bertz CT molecular complexity index is 471. The van der Waals surface area contributed by atoms with Crippen LogP contribution in [0.2, 0.25) is 0 Å². The highest BCUT2D eigenvalue weighted by Gasteiger charge is 2.15. The average Bonchev–Trinajstić information content (AvgIpc) is 2.60. The van der Waals surface area contributed by atoms with Gasteiger partial charge in [0, 0.05) is 0 Å². The van der Waals surface area contributed by atoms with Gasteiger partial charge in [-0.1, -0.05) is 5.92 Å². The molecule has 0 fully saturated rings. The summed E-state index contributed by atoms with van der Waals surface area (Å²) in [4.78, 5) is 23.3. The van der Waals surface area contributed by atoms with Crippen molar-refractivity contribution in [1.29, 1.82) is 0 Å². The third-order valence-electron chi connectivity index (χ3n) is 1.90.